The van der Waals surface area contributed by atoms with Gasteiger partial charge in [-0.25, -0.2) is 4.98 Å². The van der Waals surface area contributed by atoms with Crippen molar-refractivity contribution in [3.63, 3.8) is 0 Å². The van der Waals surface area contributed by atoms with Crippen molar-refractivity contribution in [1.82, 2.24) is 9.97 Å². The summed E-state index contributed by atoms with van der Waals surface area (Å²) in [6.07, 6.45) is 1.75. The van der Waals surface area contributed by atoms with Crippen LogP contribution in [-0.2, 0) is 6.54 Å². The maximum absolute atomic E-state index is 5.42. The third kappa shape index (κ3) is 3.79. The van der Waals surface area contributed by atoms with Crippen molar-refractivity contribution < 1.29 is 9.47 Å². The van der Waals surface area contributed by atoms with Crippen LogP contribution in [0.3, 0.4) is 0 Å². The Balaban J connectivity index is 1.46. The van der Waals surface area contributed by atoms with Gasteiger partial charge in [-0.05, 0) is 55.7 Å². The minimum atomic E-state index is 0.283. The first-order valence-corrected chi connectivity index (χ1v) is 8.89. The highest BCUT2D eigenvalue weighted by Gasteiger charge is 2.13. The average molecular weight is 362 g/mol. The molecule has 138 valence electrons. The fraction of sp³-hybridized carbons (Fsp3) is 0.238. The molecule has 2 N–H and O–H groups in total. The summed E-state index contributed by atoms with van der Waals surface area (Å²) in [5, 5.41) is 6.67. The van der Waals surface area contributed by atoms with Crippen molar-refractivity contribution in [3.8, 4) is 11.5 Å². The number of nitrogens with zero attached hydrogens (tertiary/aromatic N) is 2. The topological polar surface area (TPSA) is 68.3 Å². The lowest BCUT2D eigenvalue weighted by Crippen LogP contribution is -2.05. The number of ether oxygens (including phenoxy) is 2. The zero-order valence-corrected chi connectivity index (χ0v) is 15.7. The highest BCUT2D eigenvalue weighted by molar-refractivity contribution is 5.64. The average Bonchev–Trinajstić information content (AvgIpc) is 3.11. The molecule has 0 unspecified atom stereocenters. The Morgan fingerprint density at radius 2 is 1.74 bits per heavy atom. The fourth-order valence-corrected chi connectivity index (χ4v) is 3.25. The molecule has 2 aromatic carbocycles. The molecule has 3 aromatic rings. The van der Waals surface area contributed by atoms with E-state index in [1.807, 2.05) is 24.3 Å². The van der Waals surface area contributed by atoms with Crippen molar-refractivity contribution >= 4 is 17.5 Å². The summed E-state index contributed by atoms with van der Waals surface area (Å²) in [6.45, 7) is 7.19. The van der Waals surface area contributed by atoms with Gasteiger partial charge in [0.25, 0.3) is 0 Å². The molecule has 6 nitrogen and oxygen atoms in total. The molecule has 0 aliphatic carbocycles. The second-order valence-electron chi connectivity index (χ2n) is 6.71. The van der Waals surface area contributed by atoms with Gasteiger partial charge >= 0.3 is 0 Å². The van der Waals surface area contributed by atoms with Crippen LogP contribution in [0.1, 0.15) is 22.3 Å². The van der Waals surface area contributed by atoms with Crippen molar-refractivity contribution in [2.45, 2.75) is 27.3 Å². The van der Waals surface area contributed by atoms with Gasteiger partial charge < -0.3 is 20.1 Å². The molecule has 0 bridgehead atoms. The maximum atomic E-state index is 5.42. The predicted molar refractivity (Wildman–Crippen MR) is 106 cm³/mol. The number of rotatable bonds is 5. The molecule has 0 amide bonds. The van der Waals surface area contributed by atoms with Crippen molar-refractivity contribution in [2.75, 3.05) is 17.4 Å². The Labute approximate surface area is 158 Å². The summed E-state index contributed by atoms with van der Waals surface area (Å²) in [6, 6.07) is 12.1. The zero-order chi connectivity index (χ0) is 18.8. The molecular weight excluding hydrogens is 340 g/mol. The highest BCUT2D eigenvalue weighted by atomic mass is 16.7. The van der Waals surface area contributed by atoms with E-state index in [1.165, 1.54) is 16.7 Å². The maximum Gasteiger partial charge on any atom is 0.231 e. The summed E-state index contributed by atoms with van der Waals surface area (Å²) in [5.74, 6) is 2.90. The van der Waals surface area contributed by atoms with E-state index in [0.29, 0.717) is 12.5 Å². The van der Waals surface area contributed by atoms with E-state index in [0.717, 1.165) is 28.6 Å². The SMILES string of the molecule is Cc1cc(C)c(Nc2nccc(NCc3ccc4c(c3)OCO4)n2)c(C)c1. The van der Waals surface area contributed by atoms with E-state index in [9.17, 15) is 0 Å². The monoisotopic (exact) mass is 362 g/mol. The molecule has 0 spiro atoms. The van der Waals surface area contributed by atoms with Gasteiger partial charge in [0, 0.05) is 18.4 Å². The third-order valence-corrected chi connectivity index (χ3v) is 4.48. The molecule has 27 heavy (non-hydrogen) atoms. The van der Waals surface area contributed by atoms with Gasteiger partial charge in [0.1, 0.15) is 5.82 Å². The van der Waals surface area contributed by atoms with Crippen LogP contribution in [0.15, 0.2) is 42.6 Å². The zero-order valence-electron chi connectivity index (χ0n) is 15.7. The predicted octanol–water partition coefficient (Wildman–Crippen LogP) is 4.49. The molecule has 0 saturated carbocycles. The van der Waals surface area contributed by atoms with Gasteiger partial charge in [-0.1, -0.05) is 23.8 Å². The van der Waals surface area contributed by atoms with Gasteiger partial charge in [-0.3, -0.25) is 0 Å². The summed E-state index contributed by atoms with van der Waals surface area (Å²) in [7, 11) is 0. The van der Waals surface area contributed by atoms with E-state index in [-0.39, 0.29) is 6.79 Å². The minimum Gasteiger partial charge on any atom is -0.454 e. The van der Waals surface area contributed by atoms with Crippen LogP contribution in [0.25, 0.3) is 0 Å². The van der Waals surface area contributed by atoms with E-state index >= 15 is 0 Å². The fourth-order valence-electron chi connectivity index (χ4n) is 3.25. The van der Waals surface area contributed by atoms with Crippen LogP contribution in [0, 0.1) is 20.8 Å². The first-order valence-electron chi connectivity index (χ1n) is 8.89. The Morgan fingerprint density at radius 1 is 0.963 bits per heavy atom. The number of aromatic nitrogens is 2. The number of benzene rings is 2. The van der Waals surface area contributed by atoms with Crippen molar-refractivity contribution in [1.29, 1.82) is 0 Å². The largest absolute Gasteiger partial charge is 0.454 e. The lowest BCUT2D eigenvalue weighted by atomic mass is 10.1. The smallest absolute Gasteiger partial charge is 0.231 e. The normalized spacial score (nSPS) is 12.1. The Hall–Kier alpha value is -3.28. The van der Waals surface area contributed by atoms with E-state index in [4.69, 9.17) is 9.47 Å². The molecule has 4 rings (SSSR count). The van der Waals surface area contributed by atoms with E-state index < -0.39 is 0 Å². The second kappa shape index (κ2) is 7.15. The van der Waals surface area contributed by atoms with Crippen LogP contribution in [0.2, 0.25) is 0 Å². The van der Waals surface area contributed by atoms with Crippen LogP contribution >= 0.6 is 0 Å². The van der Waals surface area contributed by atoms with Crippen LogP contribution in [0.5, 0.6) is 11.5 Å². The van der Waals surface area contributed by atoms with Gasteiger partial charge in [0.05, 0.1) is 0 Å². The summed E-state index contributed by atoms with van der Waals surface area (Å²) in [4.78, 5) is 8.91. The van der Waals surface area contributed by atoms with Gasteiger partial charge in [-0.2, -0.15) is 4.98 Å². The number of anilines is 3. The minimum absolute atomic E-state index is 0.283. The molecule has 0 fully saturated rings. The molecule has 0 atom stereocenters. The van der Waals surface area contributed by atoms with Gasteiger partial charge in [0.15, 0.2) is 11.5 Å². The second-order valence-corrected chi connectivity index (χ2v) is 6.71. The lowest BCUT2D eigenvalue weighted by molar-refractivity contribution is 0.174. The highest BCUT2D eigenvalue weighted by Crippen LogP contribution is 2.32. The van der Waals surface area contributed by atoms with Gasteiger partial charge in [-0.15, -0.1) is 0 Å². The number of aryl methyl sites for hydroxylation is 3. The van der Waals surface area contributed by atoms with Gasteiger partial charge in [0.2, 0.25) is 12.7 Å². The molecule has 1 aromatic heterocycles. The number of hydrogen-bond acceptors (Lipinski definition) is 6. The third-order valence-electron chi connectivity index (χ3n) is 4.48. The Morgan fingerprint density at radius 3 is 2.56 bits per heavy atom. The standard InChI is InChI=1S/C21H22N4O2/c1-13-8-14(2)20(15(3)9-13)25-21-22-7-6-19(24-21)23-11-16-4-5-17-18(10-16)27-12-26-17/h4-10H,11-12H2,1-3H3,(H2,22,23,24,25). The molecule has 2 heterocycles. The molecular formula is C21H22N4O2. The Bertz CT molecular complexity index is 965. The quantitative estimate of drug-likeness (QED) is 0.697. The number of nitrogens with one attached hydrogen (secondary N) is 2. The first kappa shape index (κ1) is 17.1. The molecule has 1 aliphatic rings. The molecule has 0 saturated heterocycles. The lowest BCUT2D eigenvalue weighted by Gasteiger charge is -2.13. The molecule has 1 aliphatic heterocycles. The Kier molecular flexibility index (Phi) is 4.54. The molecule has 0 radical (unpaired) electrons. The van der Waals surface area contributed by atoms with E-state index in [2.05, 4.69) is 53.5 Å². The van der Waals surface area contributed by atoms with Crippen molar-refractivity contribution in [2.24, 2.45) is 0 Å². The molecule has 6 heteroatoms. The number of fused-ring (bicyclic) bond motifs is 1. The number of hydrogen-bond donors (Lipinski definition) is 2. The summed E-state index contributed by atoms with van der Waals surface area (Å²) in [5.41, 5.74) is 5.74. The summed E-state index contributed by atoms with van der Waals surface area (Å²) >= 11 is 0. The first-order chi connectivity index (χ1) is 13.1. The summed E-state index contributed by atoms with van der Waals surface area (Å²) < 4.78 is 10.8. The van der Waals surface area contributed by atoms with Crippen molar-refractivity contribution in [3.05, 3.63) is 64.8 Å². The van der Waals surface area contributed by atoms with Crippen LogP contribution < -0.4 is 20.1 Å². The van der Waals surface area contributed by atoms with E-state index in [1.54, 1.807) is 6.20 Å². The van der Waals surface area contributed by atoms with Crippen LogP contribution in [-0.4, -0.2) is 16.8 Å². The van der Waals surface area contributed by atoms with Crippen LogP contribution in [0.4, 0.5) is 17.5 Å².